The molecule has 0 saturated heterocycles. The van der Waals surface area contributed by atoms with Crippen LogP contribution in [0.3, 0.4) is 0 Å². The summed E-state index contributed by atoms with van der Waals surface area (Å²) in [5, 5.41) is 0. The van der Waals surface area contributed by atoms with E-state index in [1.807, 2.05) is 0 Å². The van der Waals surface area contributed by atoms with Crippen LogP contribution in [0, 0.1) is 5.41 Å². The van der Waals surface area contributed by atoms with Crippen molar-refractivity contribution in [2.75, 3.05) is 0 Å². The average molecular weight is 196 g/mol. The van der Waals surface area contributed by atoms with Gasteiger partial charge in [0, 0.05) is 0 Å². The Kier molecular flexibility index (Phi) is 7.93. The molecule has 0 rings (SSSR count). The van der Waals surface area contributed by atoms with E-state index < -0.39 is 0 Å². The lowest BCUT2D eigenvalue weighted by molar-refractivity contribution is 0.420. The molecule has 0 heteroatoms. The van der Waals surface area contributed by atoms with Gasteiger partial charge in [0.05, 0.1) is 0 Å². The quantitative estimate of drug-likeness (QED) is 0.381. The molecule has 0 atom stereocenters. The molecule has 0 aliphatic rings. The molecular weight excluding hydrogens is 168 g/mol. The second-order valence-electron chi connectivity index (χ2n) is 5.44. The molecule has 0 bridgehead atoms. The third-order valence-electron chi connectivity index (χ3n) is 2.37. The molecule has 0 aromatic rings. The summed E-state index contributed by atoms with van der Waals surface area (Å²) < 4.78 is 0. The summed E-state index contributed by atoms with van der Waals surface area (Å²) >= 11 is 0. The van der Waals surface area contributed by atoms with Gasteiger partial charge in [-0.3, -0.25) is 0 Å². The van der Waals surface area contributed by atoms with Crippen molar-refractivity contribution in [2.45, 2.75) is 72.6 Å². The van der Waals surface area contributed by atoms with Crippen molar-refractivity contribution >= 4 is 0 Å². The number of hydrogen-bond acceptors (Lipinski definition) is 0. The van der Waals surface area contributed by atoms with E-state index in [4.69, 9.17) is 0 Å². The Hall–Kier alpha value is -0.260. The highest BCUT2D eigenvalue weighted by Crippen LogP contribution is 2.19. The van der Waals surface area contributed by atoms with E-state index >= 15 is 0 Å². The zero-order valence-corrected chi connectivity index (χ0v) is 10.6. The van der Waals surface area contributed by atoms with Crippen LogP contribution in [-0.2, 0) is 0 Å². The lowest BCUT2D eigenvalue weighted by Crippen LogP contribution is -2.01. The van der Waals surface area contributed by atoms with Crippen molar-refractivity contribution in [3.05, 3.63) is 12.2 Å². The highest BCUT2D eigenvalue weighted by molar-refractivity contribution is 4.85. The number of hydrogen-bond donors (Lipinski definition) is 0. The van der Waals surface area contributed by atoms with Gasteiger partial charge in [-0.05, 0) is 24.7 Å². The SMILES string of the molecule is CCCCCCC/C=C/CC(C)(C)C. The molecule has 0 aromatic heterocycles. The van der Waals surface area contributed by atoms with Gasteiger partial charge in [-0.25, -0.2) is 0 Å². The maximum atomic E-state index is 2.36. The molecule has 0 unspecified atom stereocenters. The van der Waals surface area contributed by atoms with Crippen molar-refractivity contribution in [3.8, 4) is 0 Å². The van der Waals surface area contributed by atoms with Crippen molar-refractivity contribution in [1.82, 2.24) is 0 Å². The summed E-state index contributed by atoms with van der Waals surface area (Å²) in [4.78, 5) is 0. The summed E-state index contributed by atoms with van der Waals surface area (Å²) in [6, 6.07) is 0. The fourth-order valence-corrected chi connectivity index (χ4v) is 1.42. The standard InChI is InChI=1S/C14H28/c1-5-6-7-8-9-10-11-12-13-14(2,3)4/h11-12H,5-10,13H2,1-4H3/b12-11+. The Bertz CT molecular complexity index is 137. The number of rotatable bonds is 7. The van der Waals surface area contributed by atoms with E-state index in [9.17, 15) is 0 Å². The number of unbranched alkanes of at least 4 members (excludes halogenated alkanes) is 5. The normalized spacial score (nSPS) is 12.6. The molecule has 0 nitrogen and oxygen atoms in total. The predicted octanol–water partition coefficient (Wildman–Crippen LogP) is 5.34. The van der Waals surface area contributed by atoms with Gasteiger partial charge in [0.15, 0.2) is 0 Å². The smallest absolute Gasteiger partial charge is 0.0302 e. The first-order chi connectivity index (χ1) is 6.56. The first kappa shape index (κ1) is 13.7. The Labute approximate surface area is 90.8 Å². The summed E-state index contributed by atoms with van der Waals surface area (Å²) in [5.74, 6) is 0. The Morgan fingerprint density at radius 3 is 2.07 bits per heavy atom. The van der Waals surface area contributed by atoms with Gasteiger partial charge in [0.2, 0.25) is 0 Å². The molecule has 0 aliphatic heterocycles. The fourth-order valence-electron chi connectivity index (χ4n) is 1.42. The minimum Gasteiger partial charge on any atom is -0.0885 e. The maximum Gasteiger partial charge on any atom is -0.0302 e. The van der Waals surface area contributed by atoms with Crippen LogP contribution in [0.2, 0.25) is 0 Å². The molecule has 0 N–H and O–H groups in total. The van der Waals surface area contributed by atoms with Gasteiger partial charge in [0.1, 0.15) is 0 Å². The van der Waals surface area contributed by atoms with Crippen LogP contribution in [0.25, 0.3) is 0 Å². The van der Waals surface area contributed by atoms with Crippen molar-refractivity contribution < 1.29 is 0 Å². The van der Waals surface area contributed by atoms with Gasteiger partial charge < -0.3 is 0 Å². The summed E-state index contributed by atoms with van der Waals surface area (Å²) in [7, 11) is 0. The molecule has 0 fully saturated rings. The summed E-state index contributed by atoms with van der Waals surface area (Å²) in [6.45, 7) is 9.14. The first-order valence-corrected chi connectivity index (χ1v) is 6.21. The first-order valence-electron chi connectivity index (χ1n) is 6.21. The lowest BCUT2D eigenvalue weighted by Gasteiger charge is -2.14. The second-order valence-corrected chi connectivity index (χ2v) is 5.44. The molecular formula is C14H28. The van der Waals surface area contributed by atoms with E-state index in [0.29, 0.717) is 5.41 Å². The summed E-state index contributed by atoms with van der Waals surface area (Å²) in [5.41, 5.74) is 0.457. The van der Waals surface area contributed by atoms with Crippen LogP contribution in [0.1, 0.15) is 72.6 Å². The highest BCUT2D eigenvalue weighted by atomic mass is 14.1. The molecule has 0 saturated carbocycles. The third-order valence-corrected chi connectivity index (χ3v) is 2.37. The minimum atomic E-state index is 0.457. The zero-order valence-electron chi connectivity index (χ0n) is 10.6. The van der Waals surface area contributed by atoms with Crippen LogP contribution in [-0.4, -0.2) is 0 Å². The average Bonchev–Trinajstić information content (AvgIpc) is 2.08. The molecule has 0 amide bonds. The van der Waals surface area contributed by atoms with Gasteiger partial charge >= 0.3 is 0 Å². The predicted molar refractivity (Wildman–Crippen MR) is 66.6 cm³/mol. The molecule has 0 spiro atoms. The van der Waals surface area contributed by atoms with Gasteiger partial charge in [0.25, 0.3) is 0 Å². The molecule has 0 aromatic carbocycles. The van der Waals surface area contributed by atoms with E-state index in [1.54, 1.807) is 0 Å². The molecule has 14 heavy (non-hydrogen) atoms. The van der Waals surface area contributed by atoms with Crippen molar-refractivity contribution in [3.63, 3.8) is 0 Å². The van der Waals surface area contributed by atoms with E-state index in [2.05, 4.69) is 39.8 Å². The summed E-state index contributed by atoms with van der Waals surface area (Å²) in [6.07, 6.45) is 14.2. The van der Waals surface area contributed by atoms with Gasteiger partial charge in [-0.2, -0.15) is 0 Å². The minimum absolute atomic E-state index is 0.457. The largest absolute Gasteiger partial charge is 0.0885 e. The fraction of sp³-hybridized carbons (Fsp3) is 0.857. The Morgan fingerprint density at radius 1 is 0.857 bits per heavy atom. The van der Waals surface area contributed by atoms with Crippen LogP contribution in [0.15, 0.2) is 12.2 Å². The molecule has 0 aliphatic carbocycles. The van der Waals surface area contributed by atoms with Crippen molar-refractivity contribution in [1.29, 1.82) is 0 Å². The topological polar surface area (TPSA) is 0 Å². The third kappa shape index (κ3) is 11.7. The van der Waals surface area contributed by atoms with E-state index in [0.717, 1.165) is 0 Å². The van der Waals surface area contributed by atoms with Gasteiger partial charge in [-0.15, -0.1) is 0 Å². The Morgan fingerprint density at radius 2 is 1.50 bits per heavy atom. The van der Waals surface area contributed by atoms with Crippen LogP contribution in [0.5, 0.6) is 0 Å². The highest BCUT2D eigenvalue weighted by Gasteiger charge is 2.05. The maximum absolute atomic E-state index is 2.36. The van der Waals surface area contributed by atoms with Crippen molar-refractivity contribution in [2.24, 2.45) is 5.41 Å². The van der Waals surface area contributed by atoms with E-state index in [-0.39, 0.29) is 0 Å². The second kappa shape index (κ2) is 8.08. The van der Waals surface area contributed by atoms with Crippen LogP contribution < -0.4 is 0 Å². The van der Waals surface area contributed by atoms with E-state index in [1.165, 1.54) is 44.9 Å². The lowest BCUT2D eigenvalue weighted by atomic mass is 9.92. The molecule has 84 valence electrons. The number of allylic oxidation sites excluding steroid dienone is 2. The van der Waals surface area contributed by atoms with Gasteiger partial charge in [-0.1, -0.05) is 65.5 Å². The van der Waals surface area contributed by atoms with Crippen LogP contribution in [0.4, 0.5) is 0 Å². The molecule has 0 heterocycles. The molecule has 0 radical (unpaired) electrons. The zero-order chi connectivity index (χ0) is 10.9. The monoisotopic (exact) mass is 196 g/mol. The Balaban J connectivity index is 3.19. The van der Waals surface area contributed by atoms with Crippen LogP contribution >= 0.6 is 0 Å².